The van der Waals surface area contributed by atoms with Crippen LogP contribution < -0.4 is 0 Å². The first-order valence-corrected chi connectivity index (χ1v) is 5.75. The fraction of sp³-hybridized carbons (Fsp3) is 0.250. The van der Waals surface area contributed by atoms with E-state index in [1.165, 1.54) is 5.56 Å². The molecular formula is C12H13NOS. The lowest BCUT2D eigenvalue weighted by atomic mass is 10.1. The number of rotatable bonds is 2. The topological polar surface area (TPSA) is 33.1 Å². The number of aliphatic hydroxyl groups is 1. The van der Waals surface area contributed by atoms with Gasteiger partial charge >= 0.3 is 0 Å². The van der Waals surface area contributed by atoms with Crippen LogP contribution in [0.2, 0.25) is 0 Å². The zero-order chi connectivity index (χ0) is 10.8. The van der Waals surface area contributed by atoms with Crippen molar-refractivity contribution in [3.05, 3.63) is 40.9 Å². The Hall–Kier alpha value is -1.19. The fourth-order valence-electron chi connectivity index (χ4n) is 1.39. The third kappa shape index (κ3) is 2.25. The van der Waals surface area contributed by atoms with Crippen LogP contribution in [0.4, 0.5) is 0 Å². The Morgan fingerprint density at radius 1 is 1.40 bits per heavy atom. The number of aromatic nitrogens is 1. The van der Waals surface area contributed by atoms with Gasteiger partial charge < -0.3 is 5.11 Å². The highest BCUT2D eigenvalue weighted by Gasteiger charge is 2.08. The highest BCUT2D eigenvalue weighted by Crippen LogP contribution is 2.26. The quantitative estimate of drug-likeness (QED) is 0.841. The summed E-state index contributed by atoms with van der Waals surface area (Å²) in [6.45, 7) is 3.79. The highest BCUT2D eigenvalue weighted by molar-refractivity contribution is 7.13. The first kappa shape index (κ1) is 10.3. The lowest BCUT2D eigenvalue weighted by Gasteiger charge is -1.99. The van der Waals surface area contributed by atoms with Crippen LogP contribution >= 0.6 is 11.3 Å². The second kappa shape index (κ2) is 4.13. The van der Waals surface area contributed by atoms with Crippen LogP contribution in [0.5, 0.6) is 0 Å². The van der Waals surface area contributed by atoms with E-state index in [0.717, 1.165) is 16.3 Å². The Labute approximate surface area is 93.2 Å². The van der Waals surface area contributed by atoms with Crippen molar-refractivity contribution in [2.75, 3.05) is 0 Å². The summed E-state index contributed by atoms with van der Waals surface area (Å²) in [5.74, 6) is 0. The molecule has 1 aromatic carbocycles. The normalized spacial score (nSPS) is 12.7. The number of hydrogen-bond donors (Lipinski definition) is 1. The molecule has 1 aromatic heterocycles. The molecule has 0 radical (unpaired) electrons. The summed E-state index contributed by atoms with van der Waals surface area (Å²) < 4.78 is 0. The van der Waals surface area contributed by atoms with Crippen LogP contribution in [0.25, 0.3) is 10.6 Å². The lowest BCUT2D eigenvalue weighted by Crippen LogP contribution is -1.90. The molecule has 1 heterocycles. The largest absolute Gasteiger partial charge is 0.387 e. The molecule has 0 bridgehead atoms. The molecule has 0 saturated carbocycles. The zero-order valence-corrected chi connectivity index (χ0v) is 9.58. The van der Waals surface area contributed by atoms with Gasteiger partial charge in [-0.2, -0.15) is 0 Å². The average molecular weight is 219 g/mol. The van der Waals surface area contributed by atoms with Gasteiger partial charge in [-0.3, -0.25) is 0 Å². The van der Waals surface area contributed by atoms with E-state index in [-0.39, 0.29) is 0 Å². The van der Waals surface area contributed by atoms with Gasteiger partial charge in [0.15, 0.2) is 0 Å². The van der Waals surface area contributed by atoms with Gasteiger partial charge in [0.05, 0.1) is 11.8 Å². The molecule has 2 rings (SSSR count). The third-order valence-electron chi connectivity index (χ3n) is 2.22. The van der Waals surface area contributed by atoms with Crippen LogP contribution in [0.15, 0.2) is 29.6 Å². The molecule has 2 nitrogen and oxygen atoms in total. The van der Waals surface area contributed by atoms with Crippen LogP contribution in [0.1, 0.15) is 24.3 Å². The predicted octanol–water partition coefficient (Wildman–Crippen LogP) is 3.17. The minimum Gasteiger partial charge on any atom is -0.387 e. The standard InChI is InChI=1S/C12H13NOS/c1-8-4-3-5-10(6-8)12-13-11(7-15-12)9(2)14/h3-7,9,14H,1-2H3/t9-/m1/s1. The number of aryl methyl sites for hydroxylation is 1. The van der Waals surface area contributed by atoms with Crippen molar-refractivity contribution in [2.24, 2.45) is 0 Å². The summed E-state index contributed by atoms with van der Waals surface area (Å²) in [6.07, 6.45) is -0.486. The van der Waals surface area contributed by atoms with Crippen molar-refractivity contribution in [3.8, 4) is 10.6 Å². The Morgan fingerprint density at radius 3 is 2.80 bits per heavy atom. The summed E-state index contributed by atoms with van der Waals surface area (Å²) in [4.78, 5) is 4.39. The van der Waals surface area contributed by atoms with Gasteiger partial charge in [-0.15, -0.1) is 11.3 Å². The molecule has 3 heteroatoms. The lowest BCUT2D eigenvalue weighted by molar-refractivity contribution is 0.195. The summed E-state index contributed by atoms with van der Waals surface area (Å²) >= 11 is 1.57. The molecule has 0 fully saturated rings. The van der Waals surface area contributed by atoms with Crippen molar-refractivity contribution in [1.82, 2.24) is 4.98 Å². The van der Waals surface area contributed by atoms with E-state index in [0.29, 0.717) is 0 Å². The van der Waals surface area contributed by atoms with E-state index >= 15 is 0 Å². The van der Waals surface area contributed by atoms with E-state index in [1.807, 2.05) is 17.5 Å². The smallest absolute Gasteiger partial charge is 0.123 e. The predicted molar refractivity (Wildman–Crippen MR) is 62.9 cm³/mol. The van der Waals surface area contributed by atoms with E-state index in [4.69, 9.17) is 0 Å². The monoisotopic (exact) mass is 219 g/mol. The van der Waals surface area contributed by atoms with Gasteiger partial charge in [-0.05, 0) is 19.9 Å². The molecule has 0 spiro atoms. The Morgan fingerprint density at radius 2 is 2.20 bits per heavy atom. The average Bonchev–Trinajstić information content (AvgIpc) is 2.66. The highest BCUT2D eigenvalue weighted by atomic mass is 32.1. The number of nitrogens with zero attached hydrogens (tertiary/aromatic N) is 1. The number of hydrogen-bond acceptors (Lipinski definition) is 3. The molecule has 1 N–H and O–H groups in total. The van der Waals surface area contributed by atoms with Crippen molar-refractivity contribution in [1.29, 1.82) is 0 Å². The minimum absolute atomic E-state index is 0.486. The van der Waals surface area contributed by atoms with E-state index in [9.17, 15) is 5.11 Å². The molecule has 0 unspecified atom stereocenters. The van der Waals surface area contributed by atoms with Gasteiger partial charge in [0.2, 0.25) is 0 Å². The summed E-state index contributed by atoms with van der Waals surface area (Å²) in [5.41, 5.74) is 3.09. The SMILES string of the molecule is Cc1cccc(-c2nc([C@@H](C)O)cs2)c1. The van der Waals surface area contributed by atoms with Crippen LogP contribution in [0.3, 0.4) is 0 Å². The van der Waals surface area contributed by atoms with Crippen LogP contribution in [-0.4, -0.2) is 10.1 Å². The van der Waals surface area contributed by atoms with Crippen LogP contribution in [-0.2, 0) is 0 Å². The summed E-state index contributed by atoms with van der Waals surface area (Å²) in [5, 5.41) is 12.3. The number of benzene rings is 1. The molecule has 0 aliphatic heterocycles. The van der Waals surface area contributed by atoms with Gasteiger partial charge in [0.25, 0.3) is 0 Å². The van der Waals surface area contributed by atoms with E-state index in [1.54, 1.807) is 18.3 Å². The van der Waals surface area contributed by atoms with Gasteiger partial charge in [-0.1, -0.05) is 23.8 Å². The van der Waals surface area contributed by atoms with Crippen molar-refractivity contribution >= 4 is 11.3 Å². The van der Waals surface area contributed by atoms with Crippen molar-refractivity contribution in [2.45, 2.75) is 20.0 Å². The first-order chi connectivity index (χ1) is 7.16. The Bertz CT molecular complexity index is 462. The molecule has 1 atom stereocenters. The van der Waals surface area contributed by atoms with Gasteiger partial charge in [-0.25, -0.2) is 4.98 Å². The molecule has 0 amide bonds. The molecule has 0 aliphatic rings. The summed E-state index contributed by atoms with van der Waals surface area (Å²) in [6, 6.07) is 8.23. The molecular weight excluding hydrogens is 206 g/mol. The Balaban J connectivity index is 2.37. The van der Waals surface area contributed by atoms with Crippen molar-refractivity contribution < 1.29 is 5.11 Å². The maximum Gasteiger partial charge on any atom is 0.123 e. The second-order valence-electron chi connectivity index (χ2n) is 3.62. The minimum atomic E-state index is -0.486. The second-order valence-corrected chi connectivity index (χ2v) is 4.48. The molecule has 0 saturated heterocycles. The number of thiazole rings is 1. The van der Waals surface area contributed by atoms with Gasteiger partial charge in [0, 0.05) is 10.9 Å². The fourth-order valence-corrected chi connectivity index (χ4v) is 2.29. The summed E-state index contributed by atoms with van der Waals surface area (Å²) in [7, 11) is 0. The zero-order valence-electron chi connectivity index (χ0n) is 8.77. The molecule has 78 valence electrons. The maximum atomic E-state index is 9.38. The Kier molecular flexibility index (Phi) is 2.84. The molecule has 0 aliphatic carbocycles. The van der Waals surface area contributed by atoms with Crippen LogP contribution in [0, 0.1) is 6.92 Å². The van der Waals surface area contributed by atoms with Crippen molar-refractivity contribution in [3.63, 3.8) is 0 Å². The van der Waals surface area contributed by atoms with E-state index < -0.39 is 6.10 Å². The first-order valence-electron chi connectivity index (χ1n) is 4.87. The maximum absolute atomic E-state index is 9.38. The number of aliphatic hydroxyl groups excluding tert-OH is 1. The third-order valence-corrected chi connectivity index (χ3v) is 3.12. The molecule has 2 aromatic rings. The van der Waals surface area contributed by atoms with E-state index in [2.05, 4.69) is 24.0 Å². The van der Waals surface area contributed by atoms with Gasteiger partial charge in [0.1, 0.15) is 5.01 Å². The molecule has 15 heavy (non-hydrogen) atoms.